The van der Waals surface area contributed by atoms with Crippen LogP contribution >= 0.6 is 0 Å². The molecule has 0 amide bonds. The Balaban J connectivity index is 2.40. The van der Waals surface area contributed by atoms with Gasteiger partial charge in [-0.1, -0.05) is 41.5 Å². The Labute approximate surface area is 102 Å². The molecule has 2 bridgehead atoms. The molecule has 2 atom stereocenters. The minimum atomic E-state index is 0.431. The SMILES string of the molecule is CN1CC2CC(C1)C2(C(C)(C)C)C(C)(C)C. The molecule has 3 aliphatic rings. The molecule has 3 rings (SSSR count). The average Bonchev–Trinajstić information content (AvgIpc) is 1.96. The maximum Gasteiger partial charge on any atom is 0.00127 e. The van der Waals surface area contributed by atoms with Crippen molar-refractivity contribution in [2.24, 2.45) is 28.1 Å². The third-order valence-electron chi connectivity index (χ3n) is 5.40. The van der Waals surface area contributed by atoms with Crippen LogP contribution in [0.3, 0.4) is 0 Å². The fourth-order valence-corrected chi connectivity index (χ4v) is 5.73. The molecule has 2 aliphatic heterocycles. The van der Waals surface area contributed by atoms with Crippen molar-refractivity contribution >= 4 is 0 Å². The molecular weight excluding hydrogens is 194 g/mol. The second-order valence-electron chi connectivity index (χ2n) is 8.22. The largest absolute Gasteiger partial charge is 0.306 e. The molecule has 2 saturated heterocycles. The van der Waals surface area contributed by atoms with E-state index in [1.807, 2.05) is 0 Å². The van der Waals surface area contributed by atoms with Gasteiger partial charge in [0.1, 0.15) is 0 Å². The molecule has 1 heteroatoms. The summed E-state index contributed by atoms with van der Waals surface area (Å²) in [7, 11) is 2.29. The molecule has 0 aromatic carbocycles. The van der Waals surface area contributed by atoms with Gasteiger partial charge in [-0.3, -0.25) is 0 Å². The van der Waals surface area contributed by atoms with Crippen molar-refractivity contribution in [1.29, 1.82) is 0 Å². The Kier molecular flexibility index (Phi) is 2.52. The maximum atomic E-state index is 2.54. The first-order valence-electron chi connectivity index (χ1n) is 6.79. The van der Waals surface area contributed by atoms with Crippen molar-refractivity contribution in [3.8, 4) is 0 Å². The first-order chi connectivity index (χ1) is 7.10. The zero-order chi connectivity index (χ0) is 12.4. The molecule has 0 aromatic heterocycles. The Morgan fingerprint density at radius 1 is 0.875 bits per heavy atom. The highest BCUT2D eigenvalue weighted by molar-refractivity contribution is 5.16. The molecule has 2 heterocycles. The lowest BCUT2D eigenvalue weighted by Crippen LogP contribution is -2.70. The quantitative estimate of drug-likeness (QED) is 0.606. The summed E-state index contributed by atoms with van der Waals surface area (Å²) in [5.74, 6) is 1.83. The number of nitrogens with zero attached hydrogens (tertiary/aromatic N) is 1. The molecule has 1 aliphatic carbocycles. The molecule has 0 radical (unpaired) electrons. The van der Waals surface area contributed by atoms with Crippen molar-refractivity contribution in [2.75, 3.05) is 20.1 Å². The summed E-state index contributed by atoms with van der Waals surface area (Å²) in [4.78, 5) is 2.54. The smallest absolute Gasteiger partial charge is 0.00127 e. The number of fused-ring (bicyclic) bond motifs is 2. The standard InChI is InChI=1S/C15H29N/c1-13(2,3)15(14(4,5)6)11-8-12(15)10-16(7)9-11/h11-12H,8-10H2,1-7H3. The molecule has 2 unspecified atom stereocenters. The number of hydrogen-bond donors (Lipinski definition) is 0. The zero-order valence-electron chi connectivity index (χ0n) is 12.2. The first kappa shape index (κ1) is 12.4. The summed E-state index contributed by atoms with van der Waals surface area (Å²) in [6, 6.07) is 0. The maximum absolute atomic E-state index is 2.54. The summed E-state index contributed by atoms with van der Waals surface area (Å²) < 4.78 is 0. The monoisotopic (exact) mass is 223 g/mol. The van der Waals surface area contributed by atoms with Gasteiger partial charge < -0.3 is 4.90 Å². The third-order valence-corrected chi connectivity index (χ3v) is 5.40. The molecule has 3 fully saturated rings. The van der Waals surface area contributed by atoms with E-state index in [1.165, 1.54) is 19.5 Å². The Hall–Kier alpha value is -0.0400. The van der Waals surface area contributed by atoms with Gasteiger partial charge in [-0.15, -0.1) is 0 Å². The van der Waals surface area contributed by atoms with Crippen LogP contribution in [0.5, 0.6) is 0 Å². The summed E-state index contributed by atoms with van der Waals surface area (Å²) in [6.07, 6.45) is 1.47. The molecule has 94 valence electrons. The van der Waals surface area contributed by atoms with Crippen LogP contribution in [0.2, 0.25) is 0 Å². The van der Waals surface area contributed by atoms with E-state index in [-0.39, 0.29) is 0 Å². The number of hydrogen-bond acceptors (Lipinski definition) is 1. The van der Waals surface area contributed by atoms with E-state index < -0.39 is 0 Å². The van der Waals surface area contributed by atoms with Gasteiger partial charge >= 0.3 is 0 Å². The predicted molar refractivity (Wildman–Crippen MR) is 70.4 cm³/mol. The highest BCUT2D eigenvalue weighted by Gasteiger charge is 2.67. The Bertz CT molecular complexity index is 251. The molecule has 16 heavy (non-hydrogen) atoms. The van der Waals surface area contributed by atoms with Crippen LogP contribution in [0.15, 0.2) is 0 Å². The normalized spacial score (nSPS) is 34.7. The van der Waals surface area contributed by atoms with Crippen molar-refractivity contribution in [2.45, 2.75) is 48.0 Å². The summed E-state index contributed by atoms with van der Waals surface area (Å²) in [5.41, 5.74) is 1.41. The van der Waals surface area contributed by atoms with Crippen LogP contribution < -0.4 is 0 Å². The van der Waals surface area contributed by atoms with E-state index in [4.69, 9.17) is 0 Å². The average molecular weight is 223 g/mol. The van der Waals surface area contributed by atoms with Gasteiger partial charge in [0.05, 0.1) is 0 Å². The van der Waals surface area contributed by atoms with Gasteiger partial charge in [0.15, 0.2) is 0 Å². The molecule has 1 saturated carbocycles. The predicted octanol–water partition coefficient (Wildman–Crippen LogP) is 3.65. The summed E-state index contributed by atoms with van der Waals surface area (Å²) in [6.45, 7) is 17.4. The van der Waals surface area contributed by atoms with Crippen LogP contribution in [-0.2, 0) is 0 Å². The molecule has 1 nitrogen and oxygen atoms in total. The van der Waals surface area contributed by atoms with Gasteiger partial charge in [-0.05, 0) is 41.5 Å². The molecule has 0 spiro atoms. The van der Waals surface area contributed by atoms with Crippen molar-refractivity contribution < 1.29 is 0 Å². The molecular formula is C15H29N. The van der Waals surface area contributed by atoms with Gasteiger partial charge in [0, 0.05) is 13.1 Å². The minimum absolute atomic E-state index is 0.431. The van der Waals surface area contributed by atoms with E-state index in [0.717, 1.165) is 11.8 Å². The lowest BCUT2D eigenvalue weighted by Gasteiger charge is -2.72. The second kappa shape index (κ2) is 3.25. The van der Waals surface area contributed by atoms with Gasteiger partial charge in [0.2, 0.25) is 0 Å². The minimum Gasteiger partial charge on any atom is -0.306 e. The fraction of sp³-hybridized carbons (Fsp3) is 1.00. The number of rotatable bonds is 0. The molecule has 0 N–H and O–H groups in total. The summed E-state index contributed by atoms with van der Waals surface area (Å²) in [5, 5.41) is 0. The van der Waals surface area contributed by atoms with Crippen LogP contribution in [0.4, 0.5) is 0 Å². The highest BCUT2D eigenvalue weighted by atomic mass is 15.1. The first-order valence-corrected chi connectivity index (χ1v) is 6.79. The van der Waals surface area contributed by atoms with Crippen LogP contribution in [-0.4, -0.2) is 25.0 Å². The number of piperidine rings is 2. The van der Waals surface area contributed by atoms with Gasteiger partial charge in [-0.2, -0.15) is 0 Å². The van der Waals surface area contributed by atoms with Crippen molar-refractivity contribution in [3.63, 3.8) is 0 Å². The molecule has 0 aromatic rings. The Morgan fingerprint density at radius 3 is 1.56 bits per heavy atom. The van der Waals surface area contributed by atoms with E-state index >= 15 is 0 Å². The lowest BCUT2D eigenvalue weighted by atomic mass is 9.35. The summed E-state index contributed by atoms with van der Waals surface area (Å²) >= 11 is 0. The second-order valence-corrected chi connectivity index (χ2v) is 8.22. The van der Waals surface area contributed by atoms with Crippen molar-refractivity contribution in [3.05, 3.63) is 0 Å². The van der Waals surface area contributed by atoms with Gasteiger partial charge in [-0.25, -0.2) is 0 Å². The lowest BCUT2D eigenvalue weighted by molar-refractivity contribution is -0.243. The zero-order valence-corrected chi connectivity index (χ0v) is 12.2. The van der Waals surface area contributed by atoms with E-state index in [2.05, 4.69) is 53.5 Å². The van der Waals surface area contributed by atoms with Crippen LogP contribution in [0.25, 0.3) is 0 Å². The highest BCUT2D eigenvalue weighted by Crippen LogP contribution is 2.70. The fourth-order valence-electron chi connectivity index (χ4n) is 5.73. The van der Waals surface area contributed by atoms with Crippen LogP contribution in [0.1, 0.15) is 48.0 Å². The van der Waals surface area contributed by atoms with Crippen LogP contribution in [0, 0.1) is 28.1 Å². The van der Waals surface area contributed by atoms with E-state index in [0.29, 0.717) is 16.2 Å². The van der Waals surface area contributed by atoms with Gasteiger partial charge in [0.25, 0.3) is 0 Å². The van der Waals surface area contributed by atoms with E-state index in [9.17, 15) is 0 Å². The van der Waals surface area contributed by atoms with E-state index in [1.54, 1.807) is 0 Å². The van der Waals surface area contributed by atoms with Crippen molar-refractivity contribution in [1.82, 2.24) is 4.90 Å². The third kappa shape index (κ3) is 1.33. The topological polar surface area (TPSA) is 3.24 Å². The Morgan fingerprint density at radius 2 is 1.25 bits per heavy atom.